The third kappa shape index (κ3) is 5.11. The maximum absolute atomic E-state index is 5.26. The van der Waals surface area contributed by atoms with Gasteiger partial charge in [0, 0.05) is 32.4 Å². The van der Waals surface area contributed by atoms with Crippen LogP contribution in [0.2, 0.25) is 0 Å². The Morgan fingerprint density at radius 3 is 2.86 bits per heavy atom. The zero-order chi connectivity index (χ0) is 15.1. The van der Waals surface area contributed by atoms with E-state index in [4.69, 9.17) is 9.84 Å². The average molecular weight is 293 g/mol. The predicted octanol–water partition coefficient (Wildman–Crippen LogP) is 3.19. The normalized spacial score (nSPS) is 19.0. The van der Waals surface area contributed by atoms with Gasteiger partial charge < -0.3 is 10.1 Å². The van der Waals surface area contributed by atoms with Gasteiger partial charge in [0.2, 0.25) is 0 Å². The summed E-state index contributed by atoms with van der Waals surface area (Å²) >= 11 is 0. The highest BCUT2D eigenvalue weighted by Crippen LogP contribution is 2.28. The lowest BCUT2D eigenvalue weighted by molar-refractivity contribution is 0.149. The van der Waals surface area contributed by atoms with Crippen LogP contribution in [0.3, 0.4) is 0 Å². The first-order valence-electron chi connectivity index (χ1n) is 8.49. The summed E-state index contributed by atoms with van der Waals surface area (Å²) in [5.41, 5.74) is 1.22. The minimum absolute atomic E-state index is 0.493. The molecule has 1 heterocycles. The van der Waals surface area contributed by atoms with Crippen molar-refractivity contribution in [3.63, 3.8) is 0 Å². The summed E-state index contributed by atoms with van der Waals surface area (Å²) < 4.78 is 7.46. The quantitative estimate of drug-likeness (QED) is 0.760. The lowest BCUT2D eigenvalue weighted by Gasteiger charge is -2.20. The lowest BCUT2D eigenvalue weighted by Crippen LogP contribution is -2.33. The van der Waals surface area contributed by atoms with Gasteiger partial charge in [0.05, 0.1) is 11.7 Å². The number of rotatable bonds is 9. The molecule has 4 heteroatoms. The molecule has 1 aromatic heterocycles. The molecule has 1 aliphatic rings. The van der Waals surface area contributed by atoms with Gasteiger partial charge in [-0.1, -0.05) is 26.7 Å². The Balaban J connectivity index is 1.89. The Kier molecular flexibility index (Phi) is 6.71. The molecule has 4 nitrogen and oxygen atoms in total. The molecule has 0 radical (unpaired) electrons. The topological polar surface area (TPSA) is 39.1 Å². The minimum atomic E-state index is 0.493. The number of hydrogen-bond acceptors (Lipinski definition) is 3. The monoisotopic (exact) mass is 293 g/mol. The van der Waals surface area contributed by atoms with E-state index in [1.165, 1.54) is 31.4 Å². The molecule has 1 fully saturated rings. The fourth-order valence-electron chi connectivity index (χ4n) is 3.48. The molecule has 120 valence electrons. The maximum Gasteiger partial charge on any atom is 0.0640 e. The molecule has 0 spiro atoms. The van der Waals surface area contributed by atoms with Crippen LogP contribution in [0, 0.1) is 5.92 Å². The molecule has 1 aromatic rings. The number of nitrogens with zero attached hydrogens (tertiary/aromatic N) is 2. The van der Waals surface area contributed by atoms with Crippen molar-refractivity contribution in [2.45, 2.75) is 64.5 Å². The Labute approximate surface area is 129 Å². The van der Waals surface area contributed by atoms with Crippen molar-refractivity contribution in [2.24, 2.45) is 5.92 Å². The number of aromatic nitrogens is 2. The maximum atomic E-state index is 5.26. The van der Waals surface area contributed by atoms with Crippen molar-refractivity contribution >= 4 is 0 Å². The fourth-order valence-corrected chi connectivity index (χ4v) is 3.48. The molecule has 0 aromatic carbocycles. The van der Waals surface area contributed by atoms with Gasteiger partial charge in [-0.2, -0.15) is 5.10 Å². The van der Waals surface area contributed by atoms with Gasteiger partial charge in [0.15, 0.2) is 0 Å². The van der Waals surface area contributed by atoms with Crippen LogP contribution in [0.5, 0.6) is 0 Å². The predicted molar refractivity (Wildman–Crippen MR) is 86.6 cm³/mol. The molecule has 0 bridgehead atoms. The summed E-state index contributed by atoms with van der Waals surface area (Å²) in [4.78, 5) is 0. The first-order valence-corrected chi connectivity index (χ1v) is 8.49. The van der Waals surface area contributed by atoms with Crippen LogP contribution in [0.4, 0.5) is 0 Å². The molecule has 1 N–H and O–H groups in total. The van der Waals surface area contributed by atoms with Gasteiger partial charge in [-0.05, 0) is 37.8 Å². The van der Waals surface area contributed by atoms with E-state index in [2.05, 4.69) is 36.1 Å². The first-order chi connectivity index (χ1) is 10.2. The highest BCUT2D eigenvalue weighted by Gasteiger charge is 2.19. The van der Waals surface area contributed by atoms with Crippen molar-refractivity contribution < 1.29 is 4.74 Å². The van der Waals surface area contributed by atoms with E-state index < -0.39 is 0 Å². The molecule has 2 unspecified atom stereocenters. The summed E-state index contributed by atoms with van der Waals surface area (Å²) in [5.74, 6) is 0.580. The second kappa shape index (κ2) is 8.54. The third-order valence-electron chi connectivity index (χ3n) is 4.45. The highest BCUT2D eigenvalue weighted by molar-refractivity contribution is 5.03. The minimum Gasteiger partial charge on any atom is -0.384 e. The van der Waals surface area contributed by atoms with E-state index in [1.54, 1.807) is 7.11 Å². The van der Waals surface area contributed by atoms with Gasteiger partial charge in [-0.3, -0.25) is 4.68 Å². The van der Waals surface area contributed by atoms with Crippen LogP contribution in [-0.2, 0) is 11.2 Å². The largest absolute Gasteiger partial charge is 0.384 e. The summed E-state index contributed by atoms with van der Waals surface area (Å²) in [6.07, 6.45) is 9.63. The Bertz CT molecular complexity index is 398. The van der Waals surface area contributed by atoms with Gasteiger partial charge >= 0.3 is 0 Å². The molecule has 0 aliphatic heterocycles. The summed E-state index contributed by atoms with van der Waals surface area (Å²) in [6, 6.07) is 3.33. The molecule has 21 heavy (non-hydrogen) atoms. The summed E-state index contributed by atoms with van der Waals surface area (Å²) in [6.45, 7) is 6.27. The van der Waals surface area contributed by atoms with Crippen molar-refractivity contribution in [3.05, 3.63) is 18.0 Å². The van der Waals surface area contributed by atoms with E-state index in [0.717, 1.165) is 26.0 Å². The fraction of sp³-hybridized carbons (Fsp3) is 0.824. The Morgan fingerprint density at radius 2 is 2.19 bits per heavy atom. The SMILES string of the molecule is CCNC(Cc1ccn(C2CCCC2)n1)CC(C)COC. The van der Waals surface area contributed by atoms with E-state index in [9.17, 15) is 0 Å². The van der Waals surface area contributed by atoms with E-state index in [-0.39, 0.29) is 0 Å². The Hall–Kier alpha value is -0.870. The third-order valence-corrected chi connectivity index (χ3v) is 4.45. The smallest absolute Gasteiger partial charge is 0.0640 e. The summed E-state index contributed by atoms with van der Waals surface area (Å²) in [5, 5.41) is 8.41. The van der Waals surface area contributed by atoms with Crippen molar-refractivity contribution in [1.29, 1.82) is 0 Å². The van der Waals surface area contributed by atoms with E-state index >= 15 is 0 Å². The second-order valence-corrected chi connectivity index (χ2v) is 6.48. The number of ether oxygens (including phenoxy) is 1. The van der Waals surface area contributed by atoms with Gasteiger partial charge in [-0.25, -0.2) is 0 Å². The number of nitrogens with one attached hydrogen (secondary N) is 1. The lowest BCUT2D eigenvalue weighted by atomic mass is 9.99. The van der Waals surface area contributed by atoms with Crippen LogP contribution in [0.25, 0.3) is 0 Å². The average Bonchev–Trinajstić information content (AvgIpc) is 3.09. The van der Waals surface area contributed by atoms with Crippen molar-refractivity contribution in [1.82, 2.24) is 15.1 Å². The van der Waals surface area contributed by atoms with Crippen LogP contribution < -0.4 is 5.32 Å². The van der Waals surface area contributed by atoms with Gasteiger partial charge in [0.1, 0.15) is 0 Å². The van der Waals surface area contributed by atoms with Crippen LogP contribution in [0.15, 0.2) is 12.3 Å². The summed E-state index contributed by atoms with van der Waals surface area (Å²) in [7, 11) is 1.78. The van der Waals surface area contributed by atoms with Crippen molar-refractivity contribution in [2.75, 3.05) is 20.3 Å². The molecule has 2 rings (SSSR count). The van der Waals surface area contributed by atoms with E-state index in [0.29, 0.717) is 18.0 Å². The molecule has 1 aliphatic carbocycles. The molecule has 0 saturated heterocycles. The standard InChI is InChI=1S/C17H31N3O/c1-4-18-16(11-14(2)13-21-3)12-15-9-10-20(19-15)17-7-5-6-8-17/h9-10,14,16-18H,4-8,11-13H2,1-3H3. The number of methoxy groups -OCH3 is 1. The molecular formula is C17H31N3O. The van der Waals surface area contributed by atoms with Gasteiger partial charge in [-0.15, -0.1) is 0 Å². The van der Waals surface area contributed by atoms with E-state index in [1.807, 2.05) is 0 Å². The first kappa shape index (κ1) is 16.5. The van der Waals surface area contributed by atoms with Crippen LogP contribution in [-0.4, -0.2) is 36.1 Å². The molecular weight excluding hydrogens is 262 g/mol. The zero-order valence-electron chi connectivity index (χ0n) is 13.8. The Morgan fingerprint density at radius 1 is 1.43 bits per heavy atom. The van der Waals surface area contributed by atoms with Gasteiger partial charge in [0.25, 0.3) is 0 Å². The molecule has 2 atom stereocenters. The second-order valence-electron chi connectivity index (χ2n) is 6.48. The number of likely N-dealkylation sites (N-methyl/N-ethyl adjacent to an activating group) is 1. The van der Waals surface area contributed by atoms with Crippen LogP contribution >= 0.6 is 0 Å². The van der Waals surface area contributed by atoms with Crippen LogP contribution in [0.1, 0.15) is 57.7 Å². The zero-order valence-corrected chi connectivity index (χ0v) is 13.8. The highest BCUT2D eigenvalue weighted by atomic mass is 16.5. The van der Waals surface area contributed by atoms with Crippen molar-refractivity contribution in [3.8, 4) is 0 Å². The number of hydrogen-bond donors (Lipinski definition) is 1. The molecule has 0 amide bonds. The molecule has 1 saturated carbocycles.